The molecule has 2 heteroatoms. The van der Waals surface area contributed by atoms with Crippen LogP contribution in [0.2, 0.25) is 5.15 Å². The van der Waals surface area contributed by atoms with E-state index >= 15 is 0 Å². The Bertz CT molecular complexity index is 745. The lowest BCUT2D eigenvalue weighted by molar-refractivity contribution is 1.39. The molecule has 3 rings (SSSR count). The molecular formula is C17H14ClN. The number of rotatable bonds is 1. The number of fused-ring (bicyclic) bond motifs is 1. The first-order chi connectivity index (χ1) is 9.13. The molecule has 0 aliphatic heterocycles. The summed E-state index contributed by atoms with van der Waals surface area (Å²) in [6.45, 7) is 4.18. The van der Waals surface area contributed by atoms with Crippen LogP contribution in [-0.2, 0) is 0 Å². The molecule has 0 atom stereocenters. The van der Waals surface area contributed by atoms with Gasteiger partial charge in [0.1, 0.15) is 5.15 Å². The van der Waals surface area contributed by atoms with Crippen LogP contribution < -0.4 is 0 Å². The maximum absolute atomic E-state index is 6.13. The van der Waals surface area contributed by atoms with Gasteiger partial charge in [0.05, 0.1) is 5.52 Å². The first kappa shape index (κ1) is 12.2. The fraction of sp³-hybridized carbons (Fsp3) is 0.118. The predicted octanol–water partition coefficient (Wildman–Crippen LogP) is 5.17. The van der Waals surface area contributed by atoms with Crippen molar-refractivity contribution in [2.45, 2.75) is 13.8 Å². The summed E-state index contributed by atoms with van der Waals surface area (Å²) < 4.78 is 0. The highest BCUT2D eigenvalue weighted by molar-refractivity contribution is 6.30. The summed E-state index contributed by atoms with van der Waals surface area (Å²) in [6, 6.07) is 16.7. The summed E-state index contributed by atoms with van der Waals surface area (Å²) in [5.74, 6) is 0. The minimum absolute atomic E-state index is 0.534. The van der Waals surface area contributed by atoms with E-state index in [0.29, 0.717) is 5.15 Å². The largest absolute Gasteiger partial charge is 0.236 e. The molecule has 0 N–H and O–H groups in total. The molecule has 94 valence electrons. The van der Waals surface area contributed by atoms with Crippen molar-refractivity contribution in [2.75, 3.05) is 0 Å². The van der Waals surface area contributed by atoms with Gasteiger partial charge in [-0.05, 0) is 43.2 Å². The molecule has 0 aliphatic carbocycles. The van der Waals surface area contributed by atoms with E-state index in [1.165, 1.54) is 16.7 Å². The second-order valence-corrected chi connectivity index (χ2v) is 5.27. The maximum Gasteiger partial charge on any atom is 0.130 e. The van der Waals surface area contributed by atoms with Crippen molar-refractivity contribution >= 4 is 22.5 Å². The summed E-state index contributed by atoms with van der Waals surface area (Å²) in [5.41, 5.74) is 5.73. The Morgan fingerprint density at radius 2 is 1.53 bits per heavy atom. The Morgan fingerprint density at radius 1 is 0.842 bits per heavy atom. The van der Waals surface area contributed by atoms with E-state index in [0.717, 1.165) is 16.5 Å². The number of aromatic nitrogens is 1. The molecular weight excluding hydrogens is 254 g/mol. The molecule has 0 fully saturated rings. The smallest absolute Gasteiger partial charge is 0.130 e. The normalized spacial score (nSPS) is 10.9. The summed E-state index contributed by atoms with van der Waals surface area (Å²) in [6.07, 6.45) is 0. The number of halogens is 1. The van der Waals surface area contributed by atoms with Gasteiger partial charge in [0.2, 0.25) is 0 Å². The van der Waals surface area contributed by atoms with E-state index in [1.54, 1.807) is 0 Å². The van der Waals surface area contributed by atoms with E-state index < -0.39 is 0 Å². The third-order valence-corrected chi connectivity index (χ3v) is 3.49. The molecule has 1 aromatic heterocycles. The molecule has 0 radical (unpaired) electrons. The zero-order valence-corrected chi connectivity index (χ0v) is 11.7. The third kappa shape index (κ3) is 2.34. The Morgan fingerprint density at radius 3 is 2.26 bits per heavy atom. The topological polar surface area (TPSA) is 12.9 Å². The zero-order chi connectivity index (χ0) is 13.4. The fourth-order valence-corrected chi connectivity index (χ4v) is 2.48. The minimum atomic E-state index is 0.534. The van der Waals surface area contributed by atoms with Gasteiger partial charge in [-0.15, -0.1) is 0 Å². The Balaban J connectivity index is 2.32. The first-order valence-corrected chi connectivity index (χ1v) is 6.65. The van der Waals surface area contributed by atoms with Crippen molar-refractivity contribution in [1.82, 2.24) is 4.98 Å². The van der Waals surface area contributed by atoms with Gasteiger partial charge in [0, 0.05) is 5.39 Å². The van der Waals surface area contributed by atoms with Crippen molar-refractivity contribution in [2.24, 2.45) is 0 Å². The van der Waals surface area contributed by atoms with Crippen molar-refractivity contribution in [3.05, 3.63) is 64.8 Å². The molecule has 19 heavy (non-hydrogen) atoms. The first-order valence-electron chi connectivity index (χ1n) is 6.27. The summed E-state index contributed by atoms with van der Waals surface area (Å²) >= 11 is 6.13. The van der Waals surface area contributed by atoms with Crippen LogP contribution in [-0.4, -0.2) is 4.98 Å². The SMILES string of the molecule is Cc1ccc(-c2cc(Cl)nc3ccc(C)cc23)cc1. The Hall–Kier alpha value is -1.86. The molecule has 0 saturated heterocycles. The number of hydrogen-bond acceptors (Lipinski definition) is 1. The molecule has 3 aromatic rings. The second-order valence-electron chi connectivity index (χ2n) is 4.88. The van der Waals surface area contributed by atoms with Crippen molar-refractivity contribution < 1.29 is 0 Å². The van der Waals surface area contributed by atoms with Crippen LogP contribution in [0.4, 0.5) is 0 Å². The molecule has 0 spiro atoms. The maximum atomic E-state index is 6.13. The van der Waals surface area contributed by atoms with Crippen molar-refractivity contribution in [3.63, 3.8) is 0 Å². The molecule has 1 heterocycles. The quantitative estimate of drug-likeness (QED) is 0.554. The lowest BCUT2D eigenvalue weighted by atomic mass is 9.99. The van der Waals surface area contributed by atoms with Crippen LogP contribution >= 0.6 is 11.6 Å². The van der Waals surface area contributed by atoms with E-state index in [2.05, 4.69) is 55.2 Å². The van der Waals surface area contributed by atoms with Gasteiger partial charge < -0.3 is 0 Å². The molecule has 0 unspecified atom stereocenters. The summed E-state index contributed by atoms with van der Waals surface area (Å²) in [7, 11) is 0. The van der Waals surface area contributed by atoms with Crippen LogP contribution in [0.25, 0.3) is 22.0 Å². The van der Waals surface area contributed by atoms with Crippen LogP contribution in [0.1, 0.15) is 11.1 Å². The lowest BCUT2D eigenvalue weighted by Crippen LogP contribution is -1.87. The number of pyridine rings is 1. The standard InChI is InChI=1S/C17H14ClN/c1-11-3-6-13(7-4-11)14-10-17(18)19-16-8-5-12(2)9-15(14)16/h3-10H,1-2H3. The van der Waals surface area contributed by atoms with Crippen LogP contribution in [0.15, 0.2) is 48.5 Å². The number of benzene rings is 2. The summed E-state index contributed by atoms with van der Waals surface area (Å²) in [5, 5.41) is 1.68. The van der Waals surface area contributed by atoms with Crippen molar-refractivity contribution in [1.29, 1.82) is 0 Å². The number of nitrogens with zero attached hydrogens (tertiary/aromatic N) is 1. The fourth-order valence-electron chi connectivity index (χ4n) is 2.28. The molecule has 0 amide bonds. The molecule has 0 saturated carbocycles. The van der Waals surface area contributed by atoms with Gasteiger partial charge in [0.25, 0.3) is 0 Å². The van der Waals surface area contributed by atoms with Gasteiger partial charge >= 0.3 is 0 Å². The van der Waals surface area contributed by atoms with Gasteiger partial charge in [-0.3, -0.25) is 0 Å². The highest BCUT2D eigenvalue weighted by Gasteiger charge is 2.07. The average molecular weight is 268 g/mol. The van der Waals surface area contributed by atoms with E-state index in [1.807, 2.05) is 12.1 Å². The van der Waals surface area contributed by atoms with Gasteiger partial charge in [0.15, 0.2) is 0 Å². The van der Waals surface area contributed by atoms with Crippen LogP contribution in [0.3, 0.4) is 0 Å². The average Bonchev–Trinajstić information content (AvgIpc) is 2.39. The highest BCUT2D eigenvalue weighted by Crippen LogP contribution is 2.30. The number of hydrogen-bond donors (Lipinski definition) is 0. The molecule has 0 aliphatic rings. The molecule has 1 nitrogen and oxygen atoms in total. The zero-order valence-electron chi connectivity index (χ0n) is 10.9. The van der Waals surface area contributed by atoms with Crippen molar-refractivity contribution in [3.8, 4) is 11.1 Å². The van der Waals surface area contributed by atoms with E-state index in [-0.39, 0.29) is 0 Å². The summed E-state index contributed by atoms with van der Waals surface area (Å²) in [4.78, 5) is 4.39. The molecule has 0 bridgehead atoms. The van der Waals surface area contributed by atoms with E-state index in [9.17, 15) is 0 Å². The molecule has 2 aromatic carbocycles. The van der Waals surface area contributed by atoms with Gasteiger partial charge in [-0.25, -0.2) is 4.98 Å². The third-order valence-electron chi connectivity index (χ3n) is 3.30. The predicted molar refractivity (Wildman–Crippen MR) is 81.7 cm³/mol. The minimum Gasteiger partial charge on any atom is -0.236 e. The Labute approximate surface area is 117 Å². The van der Waals surface area contributed by atoms with Crippen LogP contribution in [0, 0.1) is 13.8 Å². The monoisotopic (exact) mass is 267 g/mol. The highest BCUT2D eigenvalue weighted by atomic mass is 35.5. The Kier molecular flexibility index (Phi) is 3.00. The second kappa shape index (κ2) is 4.67. The van der Waals surface area contributed by atoms with Crippen LogP contribution in [0.5, 0.6) is 0 Å². The lowest BCUT2D eigenvalue weighted by Gasteiger charge is -2.08. The number of aryl methyl sites for hydroxylation is 2. The van der Waals surface area contributed by atoms with E-state index in [4.69, 9.17) is 11.6 Å². The van der Waals surface area contributed by atoms with Gasteiger partial charge in [-0.2, -0.15) is 0 Å². The van der Waals surface area contributed by atoms with Gasteiger partial charge in [-0.1, -0.05) is 53.1 Å².